The predicted octanol–water partition coefficient (Wildman–Crippen LogP) is 7.68. The average Bonchev–Trinajstić information content (AvgIpc) is 3.55. The molecule has 60 heavy (non-hydrogen) atoms. The summed E-state index contributed by atoms with van der Waals surface area (Å²) in [4.78, 5) is 58.8. The Morgan fingerprint density at radius 1 is 0.650 bits per heavy atom. The number of halogens is 2. The van der Waals surface area contributed by atoms with Gasteiger partial charge in [-0.2, -0.15) is 0 Å². The topological polar surface area (TPSA) is 143 Å². The van der Waals surface area contributed by atoms with Crippen molar-refractivity contribution in [2.24, 2.45) is 5.92 Å². The monoisotopic (exact) mass is 838 g/mol. The number of hydrogen-bond donors (Lipinski definition) is 1. The molecule has 0 radical (unpaired) electrons. The van der Waals surface area contributed by atoms with Gasteiger partial charge in [0.05, 0.1) is 11.9 Å². The Kier molecular flexibility index (Phi) is 19.4. The van der Waals surface area contributed by atoms with E-state index in [0.29, 0.717) is 0 Å². The van der Waals surface area contributed by atoms with Crippen LogP contribution in [-0.4, -0.2) is 83.7 Å². The molecule has 13 heteroatoms. The zero-order valence-corrected chi connectivity index (χ0v) is 33.3. The largest absolute Gasteiger partial charge is 0.462 e. The SMILES string of the molecule is C[C@@H](COC(=O)/C=C/c1ccccc1)[C@@H](OC(=O)/C=C/c1ccccc1)[C@H](F)C=O.O=C(/C=C/c1ccccc1)OC[C@H]1SC(O)[C@@H](F)[C@@H]1OC(=O)/C=C/c1ccccc1. The molecule has 1 N–H and O–H groups in total. The van der Waals surface area contributed by atoms with Crippen molar-refractivity contribution in [2.45, 2.75) is 42.2 Å². The minimum Gasteiger partial charge on any atom is -0.462 e. The van der Waals surface area contributed by atoms with Crippen LogP contribution in [0.4, 0.5) is 8.78 Å². The number of esters is 4. The first-order chi connectivity index (χ1) is 29.0. The Bertz CT molecular complexity index is 2080. The molecule has 0 spiro atoms. The normalized spacial score (nSPS) is 18.9. The molecule has 1 aliphatic rings. The van der Waals surface area contributed by atoms with Crippen molar-refractivity contribution >= 4 is 66.2 Å². The summed E-state index contributed by atoms with van der Waals surface area (Å²) >= 11 is 0.873. The van der Waals surface area contributed by atoms with E-state index in [0.717, 1.165) is 40.1 Å². The summed E-state index contributed by atoms with van der Waals surface area (Å²) in [6.07, 6.45) is 4.79. The van der Waals surface area contributed by atoms with Crippen LogP contribution >= 0.6 is 11.8 Å². The van der Waals surface area contributed by atoms with Gasteiger partial charge in [0.1, 0.15) is 18.1 Å². The average molecular weight is 839 g/mol. The lowest BCUT2D eigenvalue weighted by molar-refractivity contribution is -0.154. The predicted molar refractivity (Wildman–Crippen MR) is 226 cm³/mol. The van der Waals surface area contributed by atoms with Crippen LogP contribution in [0.1, 0.15) is 29.2 Å². The Morgan fingerprint density at radius 2 is 1.05 bits per heavy atom. The summed E-state index contributed by atoms with van der Waals surface area (Å²) in [5.41, 5.74) is 1.86. The second-order valence-corrected chi connectivity index (χ2v) is 14.5. The number of carbonyl (C=O) groups excluding carboxylic acids is 5. The van der Waals surface area contributed by atoms with Crippen molar-refractivity contribution < 1.29 is 56.8 Å². The highest BCUT2D eigenvalue weighted by atomic mass is 32.2. The molecule has 1 fully saturated rings. The summed E-state index contributed by atoms with van der Waals surface area (Å²) in [6, 6.07) is 36.5. The van der Waals surface area contributed by atoms with E-state index < -0.39 is 65.0 Å². The van der Waals surface area contributed by atoms with E-state index in [1.54, 1.807) is 42.5 Å². The molecule has 4 aromatic carbocycles. The van der Waals surface area contributed by atoms with Crippen LogP contribution in [0.5, 0.6) is 0 Å². The van der Waals surface area contributed by atoms with E-state index in [1.165, 1.54) is 31.2 Å². The van der Waals surface area contributed by atoms with Crippen LogP contribution in [0, 0.1) is 5.92 Å². The standard InChI is InChI=1S/C24H23FO5.C23H21FO5S/c1-18(17-29-22(27)14-12-19-8-4-2-5-9-19)24(21(25)16-26)30-23(28)15-13-20-10-6-3-7-11-20;24-21-22(29-20(26)14-12-17-9-5-2-6-10-17)18(30-23(21)27)15-28-19(25)13-11-16-7-3-1-4-8-16/h2-16,18,21,24H,17H2,1H3;1-14,18,21-23,27H,15H2/b14-12+,15-13+;13-11+,14-12+/t18-,21+,24+;18-,21+,22-,23?/m01/s1. The van der Waals surface area contributed by atoms with E-state index in [-0.39, 0.29) is 19.5 Å². The van der Waals surface area contributed by atoms with Crippen LogP contribution in [0.15, 0.2) is 146 Å². The minimum atomic E-state index is -2.03. The third-order valence-electron chi connectivity index (χ3n) is 8.50. The summed E-state index contributed by atoms with van der Waals surface area (Å²) in [7, 11) is 0. The van der Waals surface area contributed by atoms with Gasteiger partial charge in [0, 0.05) is 30.2 Å². The number of benzene rings is 4. The molecule has 7 atom stereocenters. The highest BCUT2D eigenvalue weighted by Crippen LogP contribution is 2.37. The zero-order chi connectivity index (χ0) is 43.1. The molecule has 1 heterocycles. The number of hydrogen-bond acceptors (Lipinski definition) is 11. The number of ether oxygens (including phenoxy) is 4. The maximum Gasteiger partial charge on any atom is 0.331 e. The van der Waals surface area contributed by atoms with Crippen LogP contribution in [0.3, 0.4) is 0 Å². The number of thioether (sulfide) groups is 1. The molecule has 1 unspecified atom stereocenters. The van der Waals surface area contributed by atoms with Crippen LogP contribution in [-0.2, 0) is 42.9 Å². The molecule has 5 rings (SSSR count). The number of aldehydes is 1. The van der Waals surface area contributed by atoms with Crippen molar-refractivity contribution in [1.82, 2.24) is 0 Å². The number of rotatable bonds is 17. The Hall–Kier alpha value is -6.44. The first-order valence-corrected chi connectivity index (χ1v) is 19.7. The molecular weight excluding hydrogens is 795 g/mol. The fourth-order valence-electron chi connectivity index (χ4n) is 5.38. The Labute approximate surface area is 351 Å². The van der Waals surface area contributed by atoms with Gasteiger partial charge in [-0.05, 0) is 46.6 Å². The van der Waals surface area contributed by atoms with Crippen molar-refractivity contribution in [1.29, 1.82) is 0 Å². The highest BCUT2D eigenvalue weighted by Gasteiger charge is 2.47. The summed E-state index contributed by atoms with van der Waals surface area (Å²) < 4.78 is 48.9. The van der Waals surface area contributed by atoms with Crippen LogP contribution < -0.4 is 0 Å². The van der Waals surface area contributed by atoms with E-state index in [9.17, 15) is 37.9 Å². The fraction of sp³-hybridized carbons (Fsp3) is 0.213. The molecular formula is C47H44F2O10S. The molecule has 1 saturated heterocycles. The Balaban J connectivity index is 0.000000265. The van der Waals surface area contributed by atoms with Gasteiger partial charge in [0.25, 0.3) is 0 Å². The molecule has 0 aromatic heterocycles. The highest BCUT2D eigenvalue weighted by molar-refractivity contribution is 8.00. The van der Waals surface area contributed by atoms with Crippen molar-refractivity contribution in [3.05, 3.63) is 168 Å². The Morgan fingerprint density at radius 3 is 1.48 bits per heavy atom. The third kappa shape index (κ3) is 16.4. The maximum absolute atomic E-state index is 14.3. The lowest BCUT2D eigenvalue weighted by atomic mass is 10.0. The number of carbonyl (C=O) groups is 5. The number of aliphatic hydroxyl groups is 1. The first-order valence-electron chi connectivity index (χ1n) is 18.8. The molecule has 10 nitrogen and oxygen atoms in total. The van der Waals surface area contributed by atoms with Crippen molar-refractivity contribution in [3.8, 4) is 0 Å². The van der Waals surface area contributed by atoms with Crippen LogP contribution in [0.25, 0.3) is 24.3 Å². The van der Waals surface area contributed by atoms with Gasteiger partial charge in [0.15, 0.2) is 24.7 Å². The minimum absolute atomic E-state index is 0.0620. The first kappa shape index (κ1) is 46.3. The lowest BCUT2D eigenvalue weighted by Crippen LogP contribution is -2.37. The molecule has 0 amide bonds. The molecule has 1 aliphatic heterocycles. The molecule has 0 bridgehead atoms. The van der Waals surface area contributed by atoms with Gasteiger partial charge >= 0.3 is 23.9 Å². The van der Waals surface area contributed by atoms with Gasteiger partial charge < -0.3 is 24.1 Å². The number of aliphatic hydroxyl groups excluding tert-OH is 1. The second kappa shape index (κ2) is 25.1. The van der Waals surface area contributed by atoms with E-state index >= 15 is 0 Å². The number of alkyl halides is 2. The van der Waals surface area contributed by atoms with E-state index in [1.807, 2.05) is 97.1 Å². The molecule has 0 aliphatic carbocycles. The van der Waals surface area contributed by atoms with Gasteiger partial charge in [-0.1, -0.05) is 128 Å². The van der Waals surface area contributed by atoms with E-state index in [4.69, 9.17) is 18.9 Å². The second-order valence-electron chi connectivity index (χ2n) is 13.1. The fourth-order valence-corrected chi connectivity index (χ4v) is 6.55. The summed E-state index contributed by atoms with van der Waals surface area (Å²) in [5.74, 6) is -3.49. The van der Waals surface area contributed by atoms with Gasteiger partial charge in [0.2, 0.25) is 0 Å². The van der Waals surface area contributed by atoms with Gasteiger partial charge in [-0.15, -0.1) is 11.8 Å². The van der Waals surface area contributed by atoms with Gasteiger partial charge in [-0.25, -0.2) is 28.0 Å². The quantitative estimate of drug-likeness (QED) is 0.0484. The summed E-state index contributed by atoms with van der Waals surface area (Å²) in [6.45, 7) is 1.12. The van der Waals surface area contributed by atoms with Crippen molar-refractivity contribution in [2.75, 3.05) is 13.2 Å². The van der Waals surface area contributed by atoms with E-state index in [2.05, 4.69) is 0 Å². The lowest BCUT2D eigenvalue weighted by Gasteiger charge is -2.23. The van der Waals surface area contributed by atoms with Crippen LogP contribution in [0.2, 0.25) is 0 Å². The maximum atomic E-state index is 14.3. The van der Waals surface area contributed by atoms with Gasteiger partial charge in [-0.3, -0.25) is 4.79 Å². The summed E-state index contributed by atoms with van der Waals surface area (Å²) in [5, 5.41) is 9.09. The molecule has 4 aromatic rings. The smallest absolute Gasteiger partial charge is 0.331 e. The van der Waals surface area contributed by atoms with Crippen molar-refractivity contribution in [3.63, 3.8) is 0 Å². The molecule has 0 saturated carbocycles. The zero-order valence-electron chi connectivity index (χ0n) is 32.5. The molecule has 312 valence electrons. The third-order valence-corrected chi connectivity index (χ3v) is 9.79.